The van der Waals surface area contributed by atoms with Gasteiger partial charge in [0.2, 0.25) is 0 Å². The molecule has 10 heteroatoms. The highest BCUT2D eigenvalue weighted by Gasteiger charge is 2.52. The quantitative estimate of drug-likeness (QED) is 0.353. The number of carbonyl (C=O) groups excluding carboxylic acids is 4. The van der Waals surface area contributed by atoms with Gasteiger partial charge in [-0.05, 0) is 34.2 Å². The predicted molar refractivity (Wildman–Crippen MR) is 140 cm³/mol. The van der Waals surface area contributed by atoms with Crippen LogP contribution in [0.1, 0.15) is 74.6 Å². The Morgan fingerprint density at radius 2 is 1.38 bits per heavy atom. The minimum Gasteiger partial charge on any atom is -0.463 e. The Morgan fingerprint density at radius 3 is 1.98 bits per heavy atom. The van der Waals surface area contributed by atoms with Crippen molar-refractivity contribution in [2.24, 2.45) is 0 Å². The Hall–Kier alpha value is -3.76. The highest BCUT2D eigenvalue weighted by molar-refractivity contribution is 5.69. The molecule has 0 spiro atoms. The number of aryl methyl sites for hydroxylation is 1. The molecule has 6 atom stereocenters. The smallest absolute Gasteiger partial charge is 0.303 e. The first-order valence-corrected chi connectivity index (χ1v) is 13.2. The fourth-order valence-electron chi connectivity index (χ4n) is 5.15. The number of rotatable bonds is 8. The van der Waals surface area contributed by atoms with Gasteiger partial charge in [0, 0.05) is 27.7 Å². The van der Waals surface area contributed by atoms with Crippen molar-refractivity contribution in [3.05, 3.63) is 70.3 Å². The molecule has 6 unspecified atom stereocenters. The number of esters is 4. The van der Waals surface area contributed by atoms with E-state index >= 15 is 0 Å². The summed E-state index contributed by atoms with van der Waals surface area (Å²) < 4.78 is 34.2. The third-order valence-corrected chi connectivity index (χ3v) is 6.87. The Balaban J connectivity index is 1.71. The largest absolute Gasteiger partial charge is 0.463 e. The number of benzene rings is 2. The number of carbonyl (C=O) groups is 4. The number of hydrogen-bond donors (Lipinski definition) is 0. The van der Waals surface area contributed by atoms with Crippen LogP contribution in [0.4, 0.5) is 0 Å². The van der Waals surface area contributed by atoms with E-state index in [0.717, 1.165) is 23.1 Å². The van der Waals surface area contributed by atoms with Crippen LogP contribution in [0.25, 0.3) is 0 Å². The molecule has 2 aromatic rings. The highest BCUT2D eigenvalue weighted by Crippen LogP contribution is 2.41. The summed E-state index contributed by atoms with van der Waals surface area (Å²) in [5.74, 6) is -2.56. The maximum Gasteiger partial charge on any atom is 0.303 e. The van der Waals surface area contributed by atoms with E-state index < -0.39 is 54.4 Å². The van der Waals surface area contributed by atoms with Gasteiger partial charge in [-0.15, -0.1) is 0 Å². The molecule has 1 saturated heterocycles. The van der Waals surface area contributed by atoms with E-state index in [9.17, 15) is 19.2 Å². The fraction of sp³-hybridized carbons (Fsp3) is 0.467. The summed E-state index contributed by atoms with van der Waals surface area (Å²) >= 11 is 0. The van der Waals surface area contributed by atoms with Crippen molar-refractivity contribution >= 4 is 23.9 Å². The lowest BCUT2D eigenvalue weighted by Gasteiger charge is -2.44. The average Bonchev–Trinajstić information content (AvgIpc) is 3.32. The molecular weight excluding hydrogens is 520 g/mol. The number of hydrogen-bond acceptors (Lipinski definition) is 10. The lowest BCUT2D eigenvalue weighted by molar-refractivity contribution is -0.254. The van der Waals surface area contributed by atoms with Gasteiger partial charge in [-0.2, -0.15) is 0 Å². The van der Waals surface area contributed by atoms with Gasteiger partial charge >= 0.3 is 23.9 Å². The molecular formula is C30H34O10. The average molecular weight is 555 g/mol. The summed E-state index contributed by atoms with van der Waals surface area (Å²) in [6.07, 6.45) is -4.81. The van der Waals surface area contributed by atoms with E-state index in [1.165, 1.54) is 33.3 Å². The minimum atomic E-state index is -1.22. The van der Waals surface area contributed by atoms with Crippen LogP contribution in [-0.4, -0.2) is 54.9 Å². The van der Waals surface area contributed by atoms with Crippen molar-refractivity contribution in [2.75, 3.05) is 6.61 Å². The zero-order valence-electron chi connectivity index (χ0n) is 23.2. The van der Waals surface area contributed by atoms with Crippen LogP contribution in [0.2, 0.25) is 0 Å². The third kappa shape index (κ3) is 6.68. The molecule has 0 radical (unpaired) electrons. The van der Waals surface area contributed by atoms with Crippen LogP contribution in [0.5, 0.6) is 0 Å². The first-order chi connectivity index (χ1) is 19.1. The number of fused-ring (bicyclic) bond motifs is 1. The van der Waals surface area contributed by atoms with E-state index in [1.54, 1.807) is 0 Å². The van der Waals surface area contributed by atoms with Crippen LogP contribution in [0.15, 0.2) is 42.5 Å². The molecule has 0 saturated carbocycles. The van der Waals surface area contributed by atoms with Gasteiger partial charge in [0.1, 0.15) is 24.9 Å². The Bertz CT molecular complexity index is 1250. The molecule has 4 rings (SSSR count). The lowest BCUT2D eigenvalue weighted by atomic mass is 9.88. The van der Waals surface area contributed by atoms with Crippen LogP contribution in [0.3, 0.4) is 0 Å². The van der Waals surface area contributed by atoms with Crippen molar-refractivity contribution in [2.45, 2.75) is 84.3 Å². The zero-order valence-corrected chi connectivity index (χ0v) is 23.2. The Labute approximate surface area is 232 Å². The molecule has 40 heavy (non-hydrogen) atoms. The molecule has 2 aromatic carbocycles. The maximum atomic E-state index is 12.2. The molecule has 214 valence electrons. The van der Waals surface area contributed by atoms with Gasteiger partial charge in [0.15, 0.2) is 18.3 Å². The first kappa shape index (κ1) is 29.2. The highest BCUT2D eigenvalue weighted by atomic mass is 16.7. The molecule has 0 aromatic heterocycles. The standard InChI is InChI=1S/C30H34O10/c1-6-20-7-9-21(10-8-20)26-24-12-11-22(13-23(24)14-36-26)27-29(38-18(4)33)30(39-19(5)34)28(37-17(3)32)25(40-27)15-35-16(2)31/h7-13,25-30H,6,14-15H2,1-5H3. The van der Waals surface area contributed by atoms with E-state index in [2.05, 4.69) is 31.2 Å². The topological polar surface area (TPSA) is 124 Å². The fourth-order valence-corrected chi connectivity index (χ4v) is 5.15. The van der Waals surface area contributed by atoms with Crippen LogP contribution >= 0.6 is 0 Å². The molecule has 10 nitrogen and oxygen atoms in total. The van der Waals surface area contributed by atoms with Gasteiger partial charge in [0.25, 0.3) is 0 Å². The molecule has 2 heterocycles. The molecule has 1 fully saturated rings. The Kier molecular flexibility index (Phi) is 9.21. The molecule has 0 bridgehead atoms. The van der Waals surface area contributed by atoms with Crippen LogP contribution in [-0.2, 0) is 60.6 Å². The normalized spacial score (nSPS) is 25.4. The second-order valence-electron chi connectivity index (χ2n) is 9.86. The van der Waals surface area contributed by atoms with Crippen molar-refractivity contribution in [3.63, 3.8) is 0 Å². The van der Waals surface area contributed by atoms with E-state index in [0.29, 0.717) is 12.2 Å². The summed E-state index contributed by atoms with van der Waals surface area (Å²) in [4.78, 5) is 47.8. The molecule has 0 aliphatic carbocycles. The minimum absolute atomic E-state index is 0.231. The first-order valence-electron chi connectivity index (χ1n) is 13.2. The zero-order chi connectivity index (χ0) is 29.0. The third-order valence-electron chi connectivity index (χ3n) is 6.87. The summed E-state index contributed by atoms with van der Waals surface area (Å²) in [5.41, 5.74) is 4.83. The molecule has 0 amide bonds. The number of ether oxygens (including phenoxy) is 6. The predicted octanol–water partition coefficient (Wildman–Crippen LogP) is 3.67. The SMILES string of the molecule is CCc1ccc(C2OCc3cc(C4OC(COC(C)=O)C(OC(C)=O)C(OC(C)=O)C4OC(C)=O)ccc32)cc1. The summed E-state index contributed by atoms with van der Waals surface area (Å²) in [6.45, 7) is 7.02. The van der Waals surface area contributed by atoms with Crippen molar-refractivity contribution < 1.29 is 47.6 Å². The van der Waals surface area contributed by atoms with Crippen LogP contribution < -0.4 is 0 Å². The monoisotopic (exact) mass is 554 g/mol. The van der Waals surface area contributed by atoms with Gasteiger partial charge in [0.05, 0.1) is 6.61 Å². The van der Waals surface area contributed by atoms with Crippen molar-refractivity contribution in [1.29, 1.82) is 0 Å². The summed E-state index contributed by atoms with van der Waals surface area (Å²) in [7, 11) is 0. The van der Waals surface area contributed by atoms with Crippen molar-refractivity contribution in [1.82, 2.24) is 0 Å². The molecule has 0 N–H and O–H groups in total. The summed E-state index contributed by atoms with van der Waals surface area (Å²) in [5, 5.41) is 0. The van der Waals surface area contributed by atoms with E-state index in [-0.39, 0.29) is 12.7 Å². The second kappa shape index (κ2) is 12.6. The van der Waals surface area contributed by atoms with Gasteiger partial charge in [-0.1, -0.05) is 49.4 Å². The molecule has 2 aliphatic heterocycles. The van der Waals surface area contributed by atoms with Gasteiger partial charge in [-0.3, -0.25) is 19.2 Å². The van der Waals surface area contributed by atoms with E-state index in [4.69, 9.17) is 28.4 Å². The lowest BCUT2D eigenvalue weighted by Crippen LogP contribution is -2.59. The maximum absolute atomic E-state index is 12.2. The van der Waals surface area contributed by atoms with E-state index in [1.807, 2.05) is 18.2 Å². The second-order valence-corrected chi connectivity index (χ2v) is 9.86. The Morgan fingerprint density at radius 1 is 0.775 bits per heavy atom. The molecule has 2 aliphatic rings. The summed E-state index contributed by atoms with van der Waals surface area (Å²) in [6, 6.07) is 14.0. The van der Waals surface area contributed by atoms with Gasteiger partial charge in [-0.25, -0.2) is 0 Å². The van der Waals surface area contributed by atoms with Crippen LogP contribution in [0, 0.1) is 0 Å². The van der Waals surface area contributed by atoms with Crippen molar-refractivity contribution in [3.8, 4) is 0 Å². The van der Waals surface area contributed by atoms with Gasteiger partial charge < -0.3 is 28.4 Å².